The summed E-state index contributed by atoms with van der Waals surface area (Å²) in [5.41, 5.74) is -0.204. The fourth-order valence-corrected chi connectivity index (χ4v) is 2.25. The summed E-state index contributed by atoms with van der Waals surface area (Å²) in [7, 11) is 0. The Bertz CT molecular complexity index is 635. The number of rotatable bonds is 4. The maximum atomic E-state index is 12.3. The van der Waals surface area contributed by atoms with Crippen LogP contribution >= 0.6 is 11.6 Å². The van der Waals surface area contributed by atoms with Gasteiger partial charge >= 0.3 is 0 Å². The lowest BCUT2D eigenvalue weighted by Crippen LogP contribution is -2.47. The highest BCUT2D eigenvalue weighted by atomic mass is 35.5. The van der Waals surface area contributed by atoms with E-state index < -0.39 is 5.54 Å². The Labute approximate surface area is 123 Å². The van der Waals surface area contributed by atoms with Crippen LogP contribution < -0.4 is 5.32 Å². The molecule has 0 heterocycles. The number of phenols is 1. The summed E-state index contributed by atoms with van der Waals surface area (Å²) >= 11 is 5.90. The number of halogens is 1. The van der Waals surface area contributed by atoms with Crippen LogP contribution in [0.15, 0.2) is 36.4 Å². The van der Waals surface area contributed by atoms with Crippen molar-refractivity contribution in [3.63, 3.8) is 0 Å². The maximum Gasteiger partial charge on any atom is 0.255 e. The molecule has 0 aromatic heterocycles. The molecule has 0 bridgehead atoms. The molecule has 0 spiro atoms. The molecule has 106 valence electrons. The minimum atomic E-state index is -0.475. The van der Waals surface area contributed by atoms with Crippen LogP contribution in [0.2, 0.25) is 0 Å². The number of amides is 1. The third kappa shape index (κ3) is 2.73. The maximum absolute atomic E-state index is 12.3. The molecule has 0 aliphatic rings. The Balaban J connectivity index is 2.38. The average Bonchev–Trinajstić information content (AvgIpc) is 2.47. The Morgan fingerprint density at radius 1 is 1.30 bits per heavy atom. The molecule has 0 saturated heterocycles. The van der Waals surface area contributed by atoms with E-state index in [9.17, 15) is 9.90 Å². The summed E-state index contributed by atoms with van der Waals surface area (Å²) < 4.78 is 0. The van der Waals surface area contributed by atoms with Gasteiger partial charge in [0.25, 0.3) is 5.91 Å². The molecule has 0 fully saturated rings. The van der Waals surface area contributed by atoms with Gasteiger partial charge in [0.15, 0.2) is 0 Å². The van der Waals surface area contributed by atoms with Gasteiger partial charge in [0.2, 0.25) is 0 Å². The number of fused-ring (bicyclic) bond motifs is 1. The van der Waals surface area contributed by atoms with Crippen molar-refractivity contribution in [3.8, 4) is 5.75 Å². The number of carbonyl (C=O) groups is 1. The van der Waals surface area contributed by atoms with Gasteiger partial charge in [-0.1, -0.05) is 37.3 Å². The van der Waals surface area contributed by atoms with Crippen LogP contribution in [0.3, 0.4) is 0 Å². The third-order valence-electron chi connectivity index (χ3n) is 3.64. The molecule has 0 aliphatic carbocycles. The molecule has 0 radical (unpaired) electrons. The van der Waals surface area contributed by atoms with E-state index in [0.717, 1.165) is 11.8 Å². The van der Waals surface area contributed by atoms with E-state index in [4.69, 9.17) is 11.6 Å². The van der Waals surface area contributed by atoms with E-state index in [-0.39, 0.29) is 17.2 Å². The Kier molecular flexibility index (Phi) is 4.19. The van der Waals surface area contributed by atoms with E-state index in [1.54, 1.807) is 12.1 Å². The molecule has 1 atom stereocenters. The monoisotopic (exact) mass is 291 g/mol. The predicted octanol–water partition coefficient (Wildman–Crippen LogP) is 3.68. The van der Waals surface area contributed by atoms with Crippen molar-refractivity contribution in [2.75, 3.05) is 5.88 Å². The van der Waals surface area contributed by atoms with Gasteiger partial charge in [0.1, 0.15) is 5.75 Å². The molecule has 0 aliphatic heterocycles. The van der Waals surface area contributed by atoms with Crippen LogP contribution in [0.1, 0.15) is 30.6 Å². The second kappa shape index (κ2) is 5.71. The highest BCUT2D eigenvalue weighted by Crippen LogP contribution is 2.29. The minimum absolute atomic E-state index is 0.00799. The largest absolute Gasteiger partial charge is 0.506 e. The number of hydrogen-bond acceptors (Lipinski definition) is 2. The third-order valence-corrected chi connectivity index (χ3v) is 4.23. The van der Waals surface area contributed by atoms with Gasteiger partial charge in [-0.15, -0.1) is 11.6 Å². The van der Waals surface area contributed by atoms with Gasteiger partial charge in [0, 0.05) is 11.3 Å². The molecule has 1 unspecified atom stereocenters. The fraction of sp³-hybridized carbons (Fsp3) is 0.312. The predicted molar refractivity (Wildman–Crippen MR) is 82.5 cm³/mol. The summed E-state index contributed by atoms with van der Waals surface area (Å²) in [6.45, 7) is 3.85. The fourth-order valence-electron chi connectivity index (χ4n) is 2.00. The van der Waals surface area contributed by atoms with Crippen molar-refractivity contribution in [1.82, 2.24) is 5.32 Å². The zero-order valence-corrected chi connectivity index (χ0v) is 12.4. The van der Waals surface area contributed by atoms with Crippen molar-refractivity contribution in [2.24, 2.45) is 0 Å². The van der Waals surface area contributed by atoms with E-state index in [0.29, 0.717) is 11.3 Å². The highest BCUT2D eigenvalue weighted by Gasteiger charge is 2.25. The average molecular weight is 292 g/mol. The van der Waals surface area contributed by atoms with Gasteiger partial charge in [-0.3, -0.25) is 4.79 Å². The lowest BCUT2D eigenvalue weighted by atomic mass is 9.99. The molecule has 2 rings (SSSR count). The van der Waals surface area contributed by atoms with Crippen molar-refractivity contribution < 1.29 is 9.90 Å². The first kappa shape index (κ1) is 14.7. The van der Waals surface area contributed by atoms with Gasteiger partial charge < -0.3 is 10.4 Å². The number of aromatic hydroxyl groups is 1. The van der Waals surface area contributed by atoms with Crippen LogP contribution in [0.4, 0.5) is 0 Å². The summed E-state index contributed by atoms with van der Waals surface area (Å²) in [6.07, 6.45) is 0.719. The van der Waals surface area contributed by atoms with Gasteiger partial charge in [0.05, 0.1) is 11.1 Å². The van der Waals surface area contributed by atoms with Gasteiger partial charge in [-0.05, 0) is 24.8 Å². The van der Waals surface area contributed by atoms with Crippen molar-refractivity contribution in [1.29, 1.82) is 0 Å². The molecule has 2 aromatic carbocycles. The zero-order chi connectivity index (χ0) is 14.8. The molecule has 2 aromatic rings. The van der Waals surface area contributed by atoms with Crippen LogP contribution in [-0.4, -0.2) is 22.4 Å². The lowest BCUT2D eigenvalue weighted by Gasteiger charge is -2.27. The van der Waals surface area contributed by atoms with E-state index in [1.165, 1.54) is 0 Å². The SMILES string of the molecule is CCC(C)(CCl)NC(=O)c1ccc2ccccc2c1O. The molecular weight excluding hydrogens is 274 g/mol. The van der Waals surface area contributed by atoms with Crippen molar-refractivity contribution in [2.45, 2.75) is 25.8 Å². The first-order valence-corrected chi connectivity index (χ1v) is 7.13. The molecule has 2 N–H and O–H groups in total. The summed E-state index contributed by atoms with van der Waals surface area (Å²) in [5, 5.41) is 14.7. The smallest absolute Gasteiger partial charge is 0.255 e. The molecule has 0 saturated carbocycles. The van der Waals surface area contributed by atoms with E-state index in [2.05, 4.69) is 5.32 Å². The summed E-state index contributed by atoms with van der Waals surface area (Å²) in [5.74, 6) is 0.0238. The zero-order valence-electron chi connectivity index (χ0n) is 11.6. The van der Waals surface area contributed by atoms with Gasteiger partial charge in [-0.2, -0.15) is 0 Å². The summed E-state index contributed by atoms with van der Waals surface area (Å²) in [4.78, 5) is 12.3. The molecular formula is C16H18ClNO2. The Hall–Kier alpha value is -1.74. The normalized spacial score (nSPS) is 13.9. The van der Waals surface area contributed by atoms with Crippen LogP contribution in [-0.2, 0) is 0 Å². The standard InChI is InChI=1S/C16H18ClNO2/c1-3-16(2,10-17)18-15(20)13-9-8-11-6-4-5-7-12(11)14(13)19/h4-9,19H,3,10H2,1-2H3,(H,18,20). The second-order valence-corrected chi connectivity index (χ2v) is 5.45. The second-order valence-electron chi connectivity index (χ2n) is 5.18. The topological polar surface area (TPSA) is 49.3 Å². The van der Waals surface area contributed by atoms with E-state index in [1.807, 2.05) is 38.1 Å². The quantitative estimate of drug-likeness (QED) is 0.844. The molecule has 20 heavy (non-hydrogen) atoms. The molecule has 4 heteroatoms. The highest BCUT2D eigenvalue weighted by molar-refractivity contribution is 6.19. The number of nitrogens with one attached hydrogen (secondary N) is 1. The number of hydrogen-bond donors (Lipinski definition) is 2. The van der Waals surface area contributed by atoms with E-state index >= 15 is 0 Å². The molecule has 3 nitrogen and oxygen atoms in total. The number of carbonyl (C=O) groups excluding carboxylic acids is 1. The first-order chi connectivity index (χ1) is 9.50. The van der Waals surface area contributed by atoms with Crippen LogP contribution in [0, 0.1) is 0 Å². The first-order valence-electron chi connectivity index (χ1n) is 6.60. The number of benzene rings is 2. The number of alkyl halides is 1. The van der Waals surface area contributed by atoms with Crippen molar-refractivity contribution in [3.05, 3.63) is 42.0 Å². The van der Waals surface area contributed by atoms with Crippen LogP contribution in [0.25, 0.3) is 10.8 Å². The summed E-state index contributed by atoms with van der Waals surface area (Å²) in [6, 6.07) is 10.9. The van der Waals surface area contributed by atoms with Crippen LogP contribution in [0.5, 0.6) is 5.75 Å². The van der Waals surface area contributed by atoms with Gasteiger partial charge in [-0.25, -0.2) is 0 Å². The Morgan fingerprint density at radius 3 is 2.65 bits per heavy atom. The lowest BCUT2D eigenvalue weighted by molar-refractivity contribution is 0.0910. The molecule has 1 amide bonds. The number of phenolic OH excluding ortho intramolecular Hbond substituents is 1. The minimum Gasteiger partial charge on any atom is -0.506 e. The Morgan fingerprint density at radius 2 is 2.00 bits per heavy atom. The van der Waals surface area contributed by atoms with Crippen molar-refractivity contribution >= 4 is 28.3 Å².